The van der Waals surface area contributed by atoms with Gasteiger partial charge in [0, 0.05) is 5.02 Å². The molecule has 0 spiro atoms. The van der Waals surface area contributed by atoms with Gasteiger partial charge in [0.1, 0.15) is 11.6 Å². The Bertz CT molecular complexity index is 646. The molecule has 0 radical (unpaired) electrons. The zero-order chi connectivity index (χ0) is 15.2. The first kappa shape index (κ1) is 15.3. The van der Waals surface area contributed by atoms with Gasteiger partial charge in [0.25, 0.3) is 0 Å². The van der Waals surface area contributed by atoms with E-state index in [0.717, 1.165) is 11.6 Å². The summed E-state index contributed by atoms with van der Waals surface area (Å²) >= 11 is 5.64. The van der Waals surface area contributed by atoms with E-state index in [2.05, 4.69) is 5.32 Å². The Kier molecular flexibility index (Phi) is 5.17. The van der Waals surface area contributed by atoms with E-state index in [4.69, 9.17) is 16.3 Å². The number of carbonyl (C=O) groups is 1. The van der Waals surface area contributed by atoms with Gasteiger partial charge >= 0.3 is 0 Å². The quantitative estimate of drug-likeness (QED) is 0.899. The highest BCUT2D eigenvalue weighted by Crippen LogP contribution is 2.19. The normalized spacial score (nSPS) is 10.2. The molecule has 0 bridgehead atoms. The molecule has 5 heteroatoms. The fraction of sp³-hybridized carbons (Fsp3) is 0.188. The van der Waals surface area contributed by atoms with Crippen molar-refractivity contribution in [1.29, 1.82) is 0 Å². The lowest BCUT2D eigenvalue weighted by Crippen LogP contribution is -2.16. The summed E-state index contributed by atoms with van der Waals surface area (Å²) in [6, 6.07) is 11.7. The summed E-state index contributed by atoms with van der Waals surface area (Å²) < 4.78 is 19.0. The molecule has 0 aromatic heterocycles. The van der Waals surface area contributed by atoms with Crippen LogP contribution in [0.5, 0.6) is 5.75 Å². The molecule has 2 aromatic carbocycles. The zero-order valence-corrected chi connectivity index (χ0v) is 12.3. The first-order valence-electron chi connectivity index (χ1n) is 6.49. The van der Waals surface area contributed by atoms with Crippen molar-refractivity contribution < 1.29 is 13.9 Å². The van der Waals surface area contributed by atoms with Crippen molar-refractivity contribution in [2.75, 3.05) is 11.9 Å². The average molecular weight is 308 g/mol. The molecule has 110 valence electrons. The van der Waals surface area contributed by atoms with Crippen LogP contribution in [0.2, 0.25) is 5.02 Å². The predicted octanol–water partition coefficient (Wildman–Crippen LogP) is 4.20. The molecular formula is C16H15ClFNO2. The van der Waals surface area contributed by atoms with E-state index in [-0.39, 0.29) is 29.6 Å². The molecule has 0 aliphatic heterocycles. The van der Waals surface area contributed by atoms with Gasteiger partial charge in [0.2, 0.25) is 5.91 Å². The van der Waals surface area contributed by atoms with Crippen LogP contribution < -0.4 is 10.1 Å². The molecule has 1 amide bonds. The Morgan fingerprint density at radius 2 is 2.10 bits per heavy atom. The third-order valence-corrected chi connectivity index (χ3v) is 3.03. The van der Waals surface area contributed by atoms with Crippen molar-refractivity contribution in [1.82, 2.24) is 0 Å². The first-order valence-corrected chi connectivity index (χ1v) is 6.87. The second-order valence-electron chi connectivity index (χ2n) is 4.59. The first-order chi connectivity index (χ1) is 10.0. The van der Waals surface area contributed by atoms with Crippen molar-refractivity contribution in [2.24, 2.45) is 0 Å². The number of amides is 1. The van der Waals surface area contributed by atoms with Crippen LogP contribution >= 0.6 is 11.6 Å². The van der Waals surface area contributed by atoms with E-state index in [1.165, 1.54) is 12.1 Å². The Morgan fingerprint density at radius 3 is 2.81 bits per heavy atom. The lowest BCUT2D eigenvalue weighted by atomic mass is 10.2. The summed E-state index contributed by atoms with van der Waals surface area (Å²) in [7, 11) is 0. The minimum absolute atomic E-state index is 0.111. The van der Waals surface area contributed by atoms with Crippen molar-refractivity contribution in [2.45, 2.75) is 13.3 Å². The second kappa shape index (κ2) is 7.09. The molecular weight excluding hydrogens is 293 g/mol. The highest BCUT2D eigenvalue weighted by Gasteiger charge is 2.07. The summed E-state index contributed by atoms with van der Waals surface area (Å²) in [6.07, 6.45) is 0.135. The Hall–Kier alpha value is -2.07. The number of hydrogen-bond donors (Lipinski definition) is 1. The maximum atomic E-state index is 13.5. The van der Waals surface area contributed by atoms with Crippen LogP contribution in [0.15, 0.2) is 42.5 Å². The second-order valence-corrected chi connectivity index (χ2v) is 5.02. The Labute approximate surface area is 127 Å². The van der Waals surface area contributed by atoms with Crippen LogP contribution in [-0.4, -0.2) is 12.5 Å². The Balaban J connectivity index is 1.82. The smallest absolute Gasteiger partial charge is 0.227 e. The number of benzene rings is 2. The average Bonchev–Trinajstić information content (AvgIpc) is 2.42. The fourth-order valence-corrected chi connectivity index (χ4v) is 1.93. The number of rotatable bonds is 5. The van der Waals surface area contributed by atoms with Crippen LogP contribution in [0.25, 0.3) is 0 Å². The number of nitrogens with one attached hydrogen (secondary N) is 1. The predicted molar refractivity (Wildman–Crippen MR) is 81.3 cm³/mol. The van der Waals surface area contributed by atoms with Crippen LogP contribution in [0, 0.1) is 12.7 Å². The lowest BCUT2D eigenvalue weighted by molar-refractivity contribution is -0.116. The maximum Gasteiger partial charge on any atom is 0.227 e. The maximum absolute atomic E-state index is 13.5. The molecule has 2 rings (SSSR count). The van der Waals surface area contributed by atoms with E-state index in [9.17, 15) is 9.18 Å². The molecule has 21 heavy (non-hydrogen) atoms. The minimum atomic E-state index is -0.560. The molecule has 2 aromatic rings. The highest BCUT2D eigenvalue weighted by atomic mass is 35.5. The molecule has 1 N–H and O–H groups in total. The van der Waals surface area contributed by atoms with Gasteiger partial charge in [-0.05, 0) is 42.8 Å². The molecule has 0 aliphatic rings. The van der Waals surface area contributed by atoms with Gasteiger partial charge in [-0.3, -0.25) is 4.79 Å². The van der Waals surface area contributed by atoms with E-state index < -0.39 is 5.82 Å². The molecule has 3 nitrogen and oxygen atoms in total. The third kappa shape index (κ3) is 4.76. The van der Waals surface area contributed by atoms with Crippen LogP contribution in [0.1, 0.15) is 12.0 Å². The summed E-state index contributed by atoms with van der Waals surface area (Å²) in [6.45, 7) is 2.19. The van der Waals surface area contributed by atoms with Crippen molar-refractivity contribution in [3.8, 4) is 5.75 Å². The lowest BCUT2D eigenvalue weighted by Gasteiger charge is -2.08. The summed E-state index contributed by atoms with van der Waals surface area (Å²) in [5.74, 6) is -0.167. The van der Waals surface area contributed by atoms with Crippen LogP contribution in [-0.2, 0) is 4.79 Å². The zero-order valence-electron chi connectivity index (χ0n) is 11.5. The minimum Gasteiger partial charge on any atom is -0.493 e. The van der Waals surface area contributed by atoms with E-state index >= 15 is 0 Å². The number of anilines is 1. The molecule has 0 saturated carbocycles. The van der Waals surface area contributed by atoms with Gasteiger partial charge < -0.3 is 10.1 Å². The van der Waals surface area contributed by atoms with Crippen LogP contribution in [0.3, 0.4) is 0 Å². The van der Waals surface area contributed by atoms with Crippen molar-refractivity contribution >= 4 is 23.2 Å². The molecule has 0 unspecified atom stereocenters. The van der Waals surface area contributed by atoms with Gasteiger partial charge in [0.15, 0.2) is 0 Å². The largest absolute Gasteiger partial charge is 0.493 e. The number of carbonyl (C=O) groups excluding carboxylic acids is 1. The molecule has 0 atom stereocenters. The van der Waals surface area contributed by atoms with Gasteiger partial charge in [0.05, 0.1) is 18.7 Å². The van der Waals surface area contributed by atoms with Gasteiger partial charge in [-0.15, -0.1) is 0 Å². The number of ether oxygens (including phenoxy) is 1. The van der Waals surface area contributed by atoms with E-state index in [1.54, 1.807) is 0 Å². The Morgan fingerprint density at radius 1 is 1.29 bits per heavy atom. The molecule has 0 heterocycles. The highest BCUT2D eigenvalue weighted by molar-refractivity contribution is 6.30. The van der Waals surface area contributed by atoms with Crippen LogP contribution in [0.4, 0.5) is 10.1 Å². The fourth-order valence-electron chi connectivity index (χ4n) is 1.77. The third-order valence-electron chi connectivity index (χ3n) is 2.79. The van der Waals surface area contributed by atoms with Gasteiger partial charge in [-0.1, -0.05) is 23.7 Å². The summed E-state index contributed by atoms with van der Waals surface area (Å²) in [5, 5.41) is 2.77. The molecule has 0 saturated heterocycles. The monoisotopic (exact) mass is 307 g/mol. The topological polar surface area (TPSA) is 38.3 Å². The van der Waals surface area contributed by atoms with Gasteiger partial charge in [-0.25, -0.2) is 4.39 Å². The number of halogens is 2. The summed E-state index contributed by atoms with van der Waals surface area (Å²) in [5.41, 5.74) is 1.19. The number of hydrogen-bond acceptors (Lipinski definition) is 2. The van der Waals surface area contributed by atoms with E-state index in [0.29, 0.717) is 5.75 Å². The van der Waals surface area contributed by atoms with Crippen molar-refractivity contribution in [3.63, 3.8) is 0 Å². The standard InChI is InChI=1S/C16H15ClFNO2/c1-11-3-2-4-13(9-11)21-8-7-16(20)19-15-6-5-12(17)10-14(15)18/h2-6,9-10H,7-8H2,1H3,(H,19,20). The van der Waals surface area contributed by atoms with E-state index in [1.807, 2.05) is 31.2 Å². The summed E-state index contributed by atoms with van der Waals surface area (Å²) in [4.78, 5) is 11.7. The van der Waals surface area contributed by atoms with Gasteiger partial charge in [-0.2, -0.15) is 0 Å². The SMILES string of the molecule is Cc1cccc(OCCC(=O)Nc2ccc(Cl)cc2F)c1. The molecule has 0 aliphatic carbocycles. The molecule has 0 fully saturated rings. The van der Waals surface area contributed by atoms with Crippen molar-refractivity contribution in [3.05, 3.63) is 58.9 Å². The number of aryl methyl sites for hydroxylation is 1.